The Morgan fingerprint density at radius 3 is 2.58 bits per heavy atom. The van der Waals surface area contributed by atoms with E-state index in [0.29, 0.717) is 18.6 Å². The quantitative estimate of drug-likeness (QED) is 0.363. The molecule has 0 heterocycles. The number of likely N-dealkylation sites (N-methyl/N-ethyl adjacent to an activating group) is 1. The molecular formula is C19H31IN4O2. The fraction of sp³-hybridized carbons (Fsp3) is 0.579. The Morgan fingerprint density at radius 2 is 1.92 bits per heavy atom. The fourth-order valence-corrected chi connectivity index (χ4v) is 2.76. The summed E-state index contributed by atoms with van der Waals surface area (Å²) in [6.07, 6.45) is 5.09. The molecule has 0 atom stereocenters. The van der Waals surface area contributed by atoms with Crippen LogP contribution in [0.3, 0.4) is 0 Å². The van der Waals surface area contributed by atoms with Gasteiger partial charge in [-0.25, -0.2) is 4.99 Å². The number of rotatable bonds is 7. The molecular weight excluding hydrogens is 443 g/mol. The van der Waals surface area contributed by atoms with Gasteiger partial charge in [-0.15, -0.1) is 24.0 Å². The van der Waals surface area contributed by atoms with E-state index in [0.717, 1.165) is 30.7 Å². The van der Waals surface area contributed by atoms with Crippen molar-refractivity contribution in [3.05, 3.63) is 29.8 Å². The lowest BCUT2D eigenvalue weighted by Crippen LogP contribution is -2.42. The van der Waals surface area contributed by atoms with Crippen LogP contribution in [0.25, 0.3) is 0 Å². The number of halogens is 1. The third-order valence-corrected chi connectivity index (χ3v) is 4.23. The summed E-state index contributed by atoms with van der Waals surface area (Å²) in [5, 5.41) is 6.24. The molecule has 1 aromatic carbocycles. The molecule has 0 saturated heterocycles. The van der Waals surface area contributed by atoms with Crippen LogP contribution >= 0.6 is 24.0 Å². The Hall–Kier alpha value is -1.51. The van der Waals surface area contributed by atoms with E-state index in [1.807, 2.05) is 31.2 Å². The maximum Gasteiger partial charge on any atom is 0.241 e. The van der Waals surface area contributed by atoms with Crippen LogP contribution in [0.1, 0.15) is 38.2 Å². The molecule has 26 heavy (non-hydrogen) atoms. The van der Waals surface area contributed by atoms with Crippen LogP contribution in [0, 0.1) is 0 Å². The van der Waals surface area contributed by atoms with Gasteiger partial charge in [0.05, 0.1) is 19.2 Å². The van der Waals surface area contributed by atoms with Crippen molar-refractivity contribution >= 4 is 35.8 Å². The molecule has 2 N–H and O–H groups in total. The molecule has 0 spiro atoms. The standard InChI is InChI=1S/C19H30N4O2.HI/c1-4-20-19(22-14-18(24)23(2)3)21-13-15-9-5-8-12-17(15)25-16-10-6-7-11-16;/h5,8-9,12,16H,4,6-7,10-11,13-14H2,1-3H3,(H2,20,21,22);1H. The lowest BCUT2D eigenvalue weighted by molar-refractivity contribution is -0.127. The summed E-state index contributed by atoms with van der Waals surface area (Å²) in [4.78, 5) is 17.9. The normalized spacial score (nSPS) is 14.5. The average molecular weight is 474 g/mol. The Balaban J connectivity index is 0.00000338. The molecule has 0 unspecified atom stereocenters. The highest BCUT2D eigenvalue weighted by Gasteiger charge is 2.17. The molecule has 1 aliphatic rings. The highest BCUT2D eigenvalue weighted by Crippen LogP contribution is 2.26. The number of hydrogen-bond acceptors (Lipinski definition) is 3. The Bertz CT molecular complexity index is 587. The van der Waals surface area contributed by atoms with Crippen LogP contribution in [-0.2, 0) is 11.3 Å². The van der Waals surface area contributed by atoms with Crippen molar-refractivity contribution in [2.75, 3.05) is 27.2 Å². The molecule has 0 bridgehead atoms. The minimum Gasteiger partial charge on any atom is -0.490 e. The number of ether oxygens (including phenoxy) is 1. The van der Waals surface area contributed by atoms with Crippen molar-refractivity contribution in [1.29, 1.82) is 0 Å². The summed E-state index contributed by atoms with van der Waals surface area (Å²) < 4.78 is 6.16. The van der Waals surface area contributed by atoms with Gasteiger partial charge in [0.2, 0.25) is 5.91 Å². The minimum atomic E-state index is 0. The molecule has 1 aliphatic carbocycles. The van der Waals surface area contributed by atoms with Gasteiger partial charge < -0.3 is 20.3 Å². The Morgan fingerprint density at radius 1 is 1.23 bits per heavy atom. The first-order valence-electron chi connectivity index (χ1n) is 9.07. The summed E-state index contributed by atoms with van der Waals surface area (Å²) in [6, 6.07) is 8.06. The molecule has 1 aromatic rings. The number of carbonyl (C=O) groups is 1. The highest BCUT2D eigenvalue weighted by molar-refractivity contribution is 14.0. The summed E-state index contributed by atoms with van der Waals surface area (Å²) in [5.74, 6) is 1.56. The maximum absolute atomic E-state index is 11.7. The van der Waals surface area contributed by atoms with Crippen molar-refractivity contribution < 1.29 is 9.53 Å². The summed E-state index contributed by atoms with van der Waals surface area (Å²) in [6.45, 7) is 3.47. The lowest BCUT2D eigenvalue weighted by atomic mass is 10.2. The molecule has 0 aliphatic heterocycles. The number of nitrogens with one attached hydrogen (secondary N) is 2. The third kappa shape index (κ3) is 7.39. The summed E-state index contributed by atoms with van der Waals surface area (Å²) >= 11 is 0. The fourth-order valence-electron chi connectivity index (χ4n) is 2.76. The molecule has 1 saturated carbocycles. The zero-order chi connectivity index (χ0) is 18.1. The predicted octanol–water partition coefficient (Wildman–Crippen LogP) is 2.77. The number of amides is 1. The van der Waals surface area contributed by atoms with Gasteiger partial charge in [0.15, 0.2) is 5.96 Å². The highest BCUT2D eigenvalue weighted by atomic mass is 127. The van der Waals surface area contributed by atoms with Crippen LogP contribution in [-0.4, -0.2) is 50.1 Å². The van der Waals surface area contributed by atoms with E-state index in [4.69, 9.17) is 4.74 Å². The second-order valence-corrected chi connectivity index (χ2v) is 6.47. The van der Waals surface area contributed by atoms with Crippen molar-refractivity contribution in [1.82, 2.24) is 15.5 Å². The zero-order valence-electron chi connectivity index (χ0n) is 16.0. The minimum absolute atomic E-state index is 0. The molecule has 1 amide bonds. The molecule has 0 radical (unpaired) electrons. The van der Waals surface area contributed by atoms with Crippen LogP contribution in [0.2, 0.25) is 0 Å². The number of hydrogen-bond donors (Lipinski definition) is 2. The summed E-state index contributed by atoms with van der Waals surface area (Å²) in [7, 11) is 3.48. The molecule has 6 nitrogen and oxygen atoms in total. The molecule has 146 valence electrons. The monoisotopic (exact) mass is 474 g/mol. The first kappa shape index (κ1) is 22.5. The number of para-hydroxylation sites is 1. The molecule has 7 heteroatoms. The third-order valence-electron chi connectivity index (χ3n) is 4.23. The van der Waals surface area contributed by atoms with Crippen molar-refractivity contribution in [3.8, 4) is 5.75 Å². The Kier molecular flexibility index (Phi) is 10.4. The predicted molar refractivity (Wildman–Crippen MR) is 116 cm³/mol. The second-order valence-electron chi connectivity index (χ2n) is 6.47. The first-order valence-corrected chi connectivity index (χ1v) is 9.07. The smallest absolute Gasteiger partial charge is 0.241 e. The van der Waals surface area contributed by atoms with E-state index < -0.39 is 0 Å². The van der Waals surface area contributed by atoms with E-state index in [-0.39, 0.29) is 36.4 Å². The van der Waals surface area contributed by atoms with Gasteiger partial charge >= 0.3 is 0 Å². The van der Waals surface area contributed by atoms with E-state index in [1.165, 1.54) is 12.8 Å². The van der Waals surface area contributed by atoms with Gasteiger partial charge in [0, 0.05) is 26.2 Å². The van der Waals surface area contributed by atoms with Gasteiger partial charge in [-0.2, -0.15) is 0 Å². The van der Waals surface area contributed by atoms with Crippen LogP contribution in [0.4, 0.5) is 0 Å². The SMILES string of the molecule is CCNC(=NCc1ccccc1OC1CCCC1)NCC(=O)N(C)C.I. The number of carbonyl (C=O) groups excluding carboxylic acids is 1. The second kappa shape index (κ2) is 12.0. The first-order chi connectivity index (χ1) is 12.1. The van der Waals surface area contributed by atoms with Gasteiger partial charge in [-0.05, 0) is 38.7 Å². The van der Waals surface area contributed by atoms with Crippen molar-refractivity contribution in [2.45, 2.75) is 45.3 Å². The van der Waals surface area contributed by atoms with Crippen LogP contribution < -0.4 is 15.4 Å². The van der Waals surface area contributed by atoms with Gasteiger partial charge in [-0.3, -0.25) is 4.79 Å². The average Bonchev–Trinajstić information content (AvgIpc) is 3.11. The number of benzene rings is 1. The molecule has 2 rings (SSSR count). The van der Waals surface area contributed by atoms with E-state index in [2.05, 4.69) is 15.6 Å². The molecule has 0 aromatic heterocycles. The van der Waals surface area contributed by atoms with E-state index in [9.17, 15) is 4.79 Å². The summed E-state index contributed by atoms with van der Waals surface area (Å²) in [5.41, 5.74) is 1.06. The lowest BCUT2D eigenvalue weighted by Gasteiger charge is -2.17. The maximum atomic E-state index is 11.7. The van der Waals surface area contributed by atoms with Crippen molar-refractivity contribution in [2.24, 2.45) is 4.99 Å². The van der Waals surface area contributed by atoms with Crippen LogP contribution in [0.5, 0.6) is 5.75 Å². The van der Waals surface area contributed by atoms with E-state index in [1.54, 1.807) is 19.0 Å². The zero-order valence-corrected chi connectivity index (χ0v) is 18.3. The number of aliphatic imine (C=N–C) groups is 1. The van der Waals surface area contributed by atoms with Gasteiger partial charge in [0.25, 0.3) is 0 Å². The number of guanidine groups is 1. The largest absolute Gasteiger partial charge is 0.490 e. The van der Waals surface area contributed by atoms with Gasteiger partial charge in [0.1, 0.15) is 5.75 Å². The van der Waals surface area contributed by atoms with Crippen molar-refractivity contribution in [3.63, 3.8) is 0 Å². The Labute approximate surface area is 173 Å². The topological polar surface area (TPSA) is 66.0 Å². The van der Waals surface area contributed by atoms with Gasteiger partial charge in [-0.1, -0.05) is 18.2 Å². The number of nitrogens with zero attached hydrogens (tertiary/aromatic N) is 2. The van der Waals surface area contributed by atoms with E-state index >= 15 is 0 Å². The molecule has 1 fully saturated rings. The van der Waals surface area contributed by atoms with Crippen LogP contribution in [0.15, 0.2) is 29.3 Å².